The van der Waals surface area contributed by atoms with Crippen LogP contribution in [0.3, 0.4) is 0 Å². The highest BCUT2D eigenvalue weighted by Gasteiger charge is 2.28. The zero-order chi connectivity index (χ0) is 15.9. The molecule has 0 aliphatic carbocycles. The van der Waals surface area contributed by atoms with Crippen molar-refractivity contribution in [2.24, 2.45) is 11.5 Å². The van der Waals surface area contributed by atoms with E-state index < -0.39 is 0 Å². The molecule has 1 aliphatic heterocycles. The number of amides is 2. The van der Waals surface area contributed by atoms with Gasteiger partial charge in [0.2, 0.25) is 11.8 Å². The summed E-state index contributed by atoms with van der Waals surface area (Å²) >= 11 is 0. The molecule has 0 spiro atoms. The van der Waals surface area contributed by atoms with E-state index >= 15 is 0 Å². The Hall–Kier alpha value is -1.34. The average Bonchev–Trinajstić information content (AvgIpc) is 2.94. The fourth-order valence-corrected chi connectivity index (χ4v) is 2.81. The van der Waals surface area contributed by atoms with Crippen molar-refractivity contribution in [2.75, 3.05) is 18.4 Å². The van der Waals surface area contributed by atoms with Crippen LogP contribution in [0.1, 0.15) is 31.2 Å². The third kappa shape index (κ3) is 6.65. The molecule has 1 fully saturated rings. The summed E-state index contributed by atoms with van der Waals surface area (Å²) in [7, 11) is 0. The number of nitrogens with one attached hydrogen (secondary N) is 1. The van der Waals surface area contributed by atoms with Gasteiger partial charge in [0.05, 0.1) is 6.04 Å². The molecule has 8 heteroatoms. The Bertz CT molecular complexity index is 543. The quantitative estimate of drug-likeness (QED) is 0.673. The van der Waals surface area contributed by atoms with E-state index in [1.54, 1.807) is 0 Å². The van der Waals surface area contributed by atoms with Crippen LogP contribution in [0, 0.1) is 0 Å². The van der Waals surface area contributed by atoms with E-state index in [2.05, 4.69) is 10.2 Å². The number of anilines is 1. The predicted octanol–water partition coefficient (Wildman–Crippen LogP) is 1.66. The normalized spacial score (nSPS) is 16.8. The highest BCUT2D eigenvalue weighted by atomic mass is 35.5. The molecule has 5 N–H and O–H groups in total. The van der Waals surface area contributed by atoms with Gasteiger partial charge in [-0.1, -0.05) is 12.1 Å². The first-order valence-corrected chi connectivity index (χ1v) is 7.72. The molecular weight excluding hydrogens is 351 g/mol. The van der Waals surface area contributed by atoms with Crippen LogP contribution in [0.4, 0.5) is 5.69 Å². The van der Waals surface area contributed by atoms with Crippen molar-refractivity contribution < 1.29 is 9.59 Å². The van der Waals surface area contributed by atoms with Crippen molar-refractivity contribution in [3.8, 4) is 0 Å². The number of carbonyl (C=O) groups excluding carboxylic acids is 2. The van der Waals surface area contributed by atoms with Crippen LogP contribution in [0.5, 0.6) is 0 Å². The van der Waals surface area contributed by atoms with Crippen LogP contribution < -0.4 is 16.8 Å². The minimum atomic E-state index is -0.260. The molecule has 0 radical (unpaired) electrons. The SMILES string of the molecule is Cl.Cl.NCCCC(=O)Nc1cccc(CN2CCCC2C(N)=O)c1. The molecule has 1 aromatic carbocycles. The number of nitrogens with zero attached hydrogens (tertiary/aromatic N) is 1. The lowest BCUT2D eigenvalue weighted by Crippen LogP contribution is -2.39. The molecule has 2 amide bonds. The molecule has 0 bridgehead atoms. The minimum absolute atomic E-state index is 0. The van der Waals surface area contributed by atoms with Crippen LogP contribution in [0.25, 0.3) is 0 Å². The van der Waals surface area contributed by atoms with E-state index in [0.717, 1.165) is 30.6 Å². The number of carbonyl (C=O) groups is 2. The van der Waals surface area contributed by atoms with Gasteiger partial charge in [-0.05, 0) is 50.0 Å². The van der Waals surface area contributed by atoms with Gasteiger partial charge < -0.3 is 16.8 Å². The number of hydrogen-bond donors (Lipinski definition) is 3. The Morgan fingerprint density at radius 3 is 2.71 bits per heavy atom. The highest BCUT2D eigenvalue weighted by Crippen LogP contribution is 2.21. The van der Waals surface area contributed by atoms with Crippen molar-refractivity contribution in [2.45, 2.75) is 38.3 Å². The van der Waals surface area contributed by atoms with Gasteiger partial charge in [-0.25, -0.2) is 0 Å². The summed E-state index contributed by atoms with van der Waals surface area (Å²) in [6.45, 7) is 2.05. The predicted molar refractivity (Wildman–Crippen MR) is 100 cm³/mol. The summed E-state index contributed by atoms with van der Waals surface area (Å²) in [5.74, 6) is -0.289. The third-order valence-electron chi connectivity index (χ3n) is 3.90. The number of likely N-dealkylation sites (tertiary alicyclic amines) is 1. The zero-order valence-electron chi connectivity index (χ0n) is 13.6. The number of primary amides is 1. The second kappa shape index (κ2) is 11.3. The number of hydrogen-bond acceptors (Lipinski definition) is 4. The van der Waals surface area contributed by atoms with Gasteiger partial charge >= 0.3 is 0 Å². The van der Waals surface area contributed by atoms with E-state index in [-0.39, 0.29) is 42.7 Å². The van der Waals surface area contributed by atoms with Gasteiger partial charge in [0.25, 0.3) is 0 Å². The number of benzene rings is 1. The van der Waals surface area contributed by atoms with Crippen molar-refractivity contribution in [3.05, 3.63) is 29.8 Å². The lowest BCUT2D eigenvalue weighted by Gasteiger charge is -2.22. The second-order valence-corrected chi connectivity index (χ2v) is 5.67. The first-order valence-electron chi connectivity index (χ1n) is 7.72. The van der Waals surface area contributed by atoms with E-state index in [4.69, 9.17) is 11.5 Å². The van der Waals surface area contributed by atoms with Gasteiger partial charge in [-0.3, -0.25) is 14.5 Å². The van der Waals surface area contributed by atoms with Crippen LogP contribution in [-0.4, -0.2) is 35.8 Å². The van der Waals surface area contributed by atoms with Crippen LogP contribution in [0.2, 0.25) is 0 Å². The Morgan fingerprint density at radius 1 is 1.29 bits per heavy atom. The number of halogens is 2. The summed E-state index contributed by atoms with van der Waals surface area (Å²) in [5, 5.41) is 2.87. The standard InChI is InChI=1S/C16H24N4O2.2ClH/c17-8-2-7-15(21)19-13-5-1-4-12(10-13)11-20-9-3-6-14(20)16(18)22;;/h1,4-5,10,14H,2-3,6-9,11,17H2,(H2,18,22)(H,19,21);2*1H. The van der Waals surface area contributed by atoms with Crippen LogP contribution >= 0.6 is 24.8 Å². The largest absolute Gasteiger partial charge is 0.368 e. The zero-order valence-corrected chi connectivity index (χ0v) is 15.2. The molecule has 0 aromatic heterocycles. The Balaban J connectivity index is 0.00000264. The maximum Gasteiger partial charge on any atom is 0.234 e. The lowest BCUT2D eigenvalue weighted by molar-refractivity contribution is -0.122. The number of nitrogens with two attached hydrogens (primary N) is 2. The smallest absolute Gasteiger partial charge is 0.234 e. The van der Waals surface area contributed by atoms with Crippen LogP contribution in [-0.2, 0) is 16.1 Å². The molecule has 1 saturated heterocycles. The van der Waals surface area contributed by atoms with Gasteiger partial charge in [-0.2, -0.15) is 0 Å². The average molecular weight is 377 g/mol. The molecule has 0 saturated carbocycles. The van der Waals surface area contributed by atoms with Crippen molar-refractivity contribution in [1.82, 2.24) is 4.90 Å². The number of rotatable bonds is 7. The Morgan fingerprint density at radius 2 is 2.04 bits per heavy atom. The van der Waals surface area contributed by atoms with Gasteiger partial charge in [-0.15, -0.1) is 24.8 Å². The fraction of sp³-hybridized carbons (Fsp3) is 0.500. The molecule has 24 heavy (non-hydrogen) atoms. The maximum atomic E-state index is 11.7. The first-order chi connectivity index (χ1) is 10.6. The summed E-state index contributed by atoms with van der Waals surface area (Å²) in [6.07, 6.45) is 2.92. The minimum Gasteiger partial charge on any atom is -0.368 e. The topological polar surface area (TPSA) is 101 Å². The molecule has 1 aliphatic rings. The summed E-state index contributed by atoms with van der Waals surface area (Å²) in [5.41, 5.74) is 12.7. The van der Waals surface area contributed by atoms with Crippen molar-refractivity contribution in [3.63, 3.8) is 0 Å². The van der Waals surface area contributed by atoms with Crippen molar-refractivity contribution >= 4 is 42.3 Å². The molecule has 1 heterocycles. The molecule has 1 atom stereocenters. The van der Waals surface area contributed by atoms with E-state index in [1.165, 1.54) is 0 Å². The van der Waals surface area contributed by atoms with Gasteiger partial charge in [0.1, 0.15) is 0 Å². The summed E-state index contributed by atoms with van der Waals surface area (Å²) in [4.78, 5) is 25.3. The maximum absolute atomic E-state index is 11.7. The molecule has 6 nitrogen and oxygen atoms in total. The van der Waals surface area contributed by atoms with Gasteiger partial charge in [0, 0.05) is 18.7 Å². The first kappa shape index (κ1) is 22.7. The summed E-state index contributed by atoms with van der Waals surface area (Å²) in [6, 6.07) is 7.52. The molecular formula is C16H26Cl2N4O2. The molecule has 2 rings (SSSR count). The molecule has 1 unspecified atom stereocenters. The van der Waals surface area contributed by atoms with E-state index in [1.807, 2.05) is 24.3 Å². The fourth-order valence-electron chi connectivity index (χ4n) is 2.81. The van der Waals surface area contributed by atoms with Crippen LogP contribution in [0.15, 0.2) is 24.3 Å². The molecule has 1 aromatic rings. The second-order valence-electron chi connectivity index (χ2n) is 5.67. The lowest BCUT2D eigenvalue weighted by atomic mass is 10.1. The third-order valence-corrected chi connectivity index (χ3v) is 3.90. The van der Waals surface area contributed by atoms with E-state index in [0.29, 0.717) is 25.9 Å². The van der Waals surface area contributed by atoms with Gasteiger partial charge in [0.15, 0.2) is 0 Å². The van der Waals surface area contributed by atoms with Crippen molar-refractivity contribution in [1.29, 1.82) is 0 Å². The summed E-state index contributed by atoms with van der Waals surface area (Å²) < 4.78 is 0. The Labute approximate surface area is 155 Å². The highest BCUT2D eigenvalue weighted by molar-refractivity contribution is 5.90. The Kier molecular flexibility index (Phi) is 10.6. The van der Waals surface area contributed by atoms with E-state index in [9.17, 15) is 9.59 Å². The molecule has 136 valence electrons. The monoisotopic (exact) mass is 376 g/mol.